The minimum atomic E-state index is 0.602. The monoisotopic (exact) mass is 278 g/mol. The highest BCUT2D eigenvalue weighted by Gasteiger charge is 2.21. The fourth-order valence-electron chi connectivity index (χ4n) is 2.46. The Morgan fingerprint density at radius 3 is 2.60 bits per heavy atom. The standard InChI is InChI=1S/C16H26N2O2/c1-13(2)16-12-18(9-8-17-16)10-11-20-15-6-4-14(19-3)5-7-15/h4-7,13,16-17H,8-12H2,1-3H3. The number of ether oxygens (including phenoxy) is 2. The predicted molar refractivity (Wildman–Crippen MR) is 81.6 cm³/mol. The molecule has 1 fully saturated rings. The van der Waals surface area contributed by atoms with Crippen molar-refractivity contribution < 1.29 is 9.47 Å². The molecule has 1 aliphatic heterocycles. The number of methoxy groups -OCH3 is 1. The van der Waals surface area contributed by atoms with Crippen LogP contribution >= 0.6 is 0 Å². The Hall–Kier alpha value is -1.26. The molecule has 1 atom stereocenters. The zero-order valence-electron chi connectivity index (χ0n) is 12.8. The van der Waals surface area contributed by atoms with Gasteiger partial charge < -0.3 is 14.8 Å². The third-order valence-electron chi connectivity index (χ3n) is 3.83. The van der Waals surface area contributed by atoms with Gasteiger partial charge >= 0.3 is 0 Å². The zero-order chi connectivity index (χ0) is 14.4. The first-order chi connectivity index (χ1) is 9.69. The van der Waals surface area contributed by atoms with Crippen LogP contribution in [0.2, 0.25) is 0 Å². The van der Waals surface area contributed by atoms with Gasteiger partial charge in [0.2, 0.25) is 0 Å². The highest BCUT2D eigenvalue weighted by Crippen LogP contribution is 2.17. The van der Waals surface area contributed by atoms with Gasteiger partial charge in [0, 0.05) is 32.2 Å². The first-order valence-corrected chi connectivity index (χ1v) is 7.41. The predicted octanol–water partition coefficient (Wildman–Crippen LogP) is 2.00. The van der Waals surface area contributed by atoms with E-state index in [1.54, 1.807) is 7.11 Å². The van der Waals surface area contributed by atoms with Gasteiger partial charge in [0.05, 0.1) is 7.11 Å². The van der Waals surface area contributed by atoms with E-state index in [2.05, 4.69) is 24.1 Å². The van der Waals surface area contributed by atoms with Crippen LogP contribution in [0.3, 0.4) is 0 Å². The lowest BCUT2D eigenvalue weighted by molar-refractivity contribution is 0.149. The van der Waals surface area contributed by atoms with Crippen molar-refractivity contribution in [2.24, 2.45) is 5.92 Å². The van der Waals surface area contributed by atoms with Crippen LogP contribution in [0.1, 0.15) is 13.8 Å². The van der Waals surface area contributed by atoms with Crippen LogP contribution in [0.25, 0.3) is 0 Å². The highest BCUT2D eigenvalue weighted by molar-refractivity contribution is 5.31. The number of piperazine rings is 1. The number of nitrogens with one attached hydrogen (secondary N) is 1. The Morgan fingerprint density at radius 1 is 1.25 bits per heavy atom. The lowest BCUT2D eigenvalue weighted by Gasteiger charge is -2.35. The molecule has 0 radical (unpaired) electrons. The molecule has 1 aromatic rings. The zero-order valence-corrected chi connectivity index (χ0v) is 12.8. The number of benzene rings is 1. The minimum Gasteiger partial charge on any atom is -0.497 e. The van der Waals surface area contributed by atoms with E-state index < -0.39 is 0 Å². The van der Waals surface area contributed by atoms with Crippen LogP contribution in [-0.4, -0.2) is 50.8 Å². The molecule has 0 bridgehead atoms. The largest absolute Gasteiger partial charge is 0.497 e. The molecule has 1 aliphatic rings. The van der Waals surface area contributed by atoms with Crippen molar-refractivity contribution in [3.05, 3.63) is 24.3 Å². The van der Waals surface area contributed by atoms with Gasteiger partial charge in [-0.1, -0.05) is 13.8 Å². The molecule has 1 heterocycles. The van der Waals surface area contributed by atoms with E-state index in [4.69, 9.17) is 9.47 Å². The van der Waals surface area contributed by atoms with Crippen molar-refractivity contribution in [1.82, 2.24) is 10.2 Å². The molecule has 2 rings (SSSR count). The summed E-state index contributed by atoms with van der Waals surface area (Å²) in [5.41, 5.74) is 0. The van der Waals surface area contributed by atoms with Gasteiger partial charge in [-0.05, 0) is 30.2 Å². The van der Waals surface area contributed by atoms with E-state index in [0.717, 1.165) is 44.3 Å². The average Bonchev–Trinajstić information content (AvgIpc) is 2.48. The molecule has 4 nitrogen and oxygen atoms in total. The Labute approximate surface area is 122 Å². The first kappa shape index (κ1) is 15.1. The van der Waals surface area contributed by atoms with E-state index >= 15 is 0 Å². The fourth-order valence-corrected chi connectivity index (χ4v) is 2.46. The van der Waals surface area contributed by atoms with Crippen LogP contribution in [0.15, 0.2) is 24.3 Å². The number of nitrogens with zero attached hydrogens (tertiary/aromatic N) is 1. The van der Waals surface area contributed by atoms with Gasteiger partial charge in [-0.2, -0.15) is 0 Å². The summed E-state index contributed by atoms with van der Waals surface area (Å²) < 4.78 is 10.9. The van der Waals surface area contributed by atoms with E-state index in [0.29, 0.717) is 12.0 Å². The lowest BCUT2D eigenvalue weighted by atomic mass is 10.0. The summed E-state index contributed by atoms with van der Waals surface area (Å²) in [5.74, 6) is 2.45. The SMILES string of the molecule is COc1ccc(OCCN2CCNC(C(C)C)C2)cc1. The topological polar surface area (TPSA) is 33.7 Å². The molecule has 20 heavy (non-hydrogen) atoms. The summed E-state index contributed by atoms with van der Waals surface area (Å²) in [6.07, 6.45) is 0. The van der Waals surface area contributed by atoms with Crippen molar-refractivity contribution >= 4 is 0 Å². The Morgan fingerprint density at radius 2 is 1.95 bits per heavy atom. The maximum Gasteiger partial charge on any atom is 0.119 e. The van der Waals surface area contributed by atoms with Crippen molar-refractivity contribution in [2.75, 3.05) is 39.9 Å². The second kappa shape index (κ2) is 7.50. The number of hydrogen-bond acceptors (Lipinski definition) is 4. The molecule has 0 amide bonds. The van der Waals surface area contributed by atoms with E-state index in [1.807, 2.05) is 24.3 Å². The molecule has 0 saturated carbocycles. The first-order valence-electron chi connectivity index (χ1n) is 7.41. The van der Waals surface area contributed by atoms with Gasteiger partial charge in [0.25, 0.3) is 0 Å². The summed E-state index contributed by atoms with van der Waals surface area (Å²) in [6, 6.07) is 8.36. The summed E-state index contributed by atoms with van der Waals surface area (Å²) in [6.45, 7) is 9.56. The van der Waals surface area contributed by atoms with Crippen molar-refractivity contribution in [3.63, 3.8) is 0 Å². The molecule has 112 valence electrons. The summed E-state index contributed by atoms with van der Waals surface area (Å²) in [4.78, 5) is 2.48. The molecule has 0 aromatic heterocycles. The summed E-state index contributed by atoms with van der Waals surface area (Å²) in [7, 11) is 1.67. The third-order valence-corrected chi connectivity index (χ3v) is 3.83. The van der Waals surface area contributed by atoms with E-state index in [9.17, 15) is 0 Å². The maximum absolute atomic E-state index is 5.79. The molecule has 1 saturated heterocycles. The summed E-state index contributed by atoms with van der Waals surface area (Å²) >= 11 is 0. The summed E-state index contributed by atoms with van der Waals surface area (Å²) in [5, 5.41) is 3.57. The quantitative estimate of drug-likeness (QED) is 0.863. The van der Waals surface area contributed by atoms with Gasteiger partial charge in [0.15, 0.2) is 0 Å². The van der Waals surface area contributed by atoms with Crippen LogP contribution < -0.4 is 14.8 Å². The van der Waals surface area contributed by atoms with Gasteiger partial charge in [-0.3, -0.25) is 4.90 Å². The molecule has 1 aromatic carbocycles. The normalized spacial score (nSPS) is 20.1. The Bertz CT molecular complexity index is 392. The molecular weight excluding hydrogens is 252 g/mol. The Balaban J connectivity index is 1.72. The molecule has 1 N–H and O–H groups in total. The average molecular weight is 278 g/mol. The van der Waals surface area contributed by atoms with E-state index in [1.165, 1.54) is 0 Å². The van der Waals surface area contributed by atoms with Crippen LogP contribution in [0.5, 0.6) is 11.5 Å². The van der Waals surface area contributed by atoms with Gasteiger partial charge in [-0.25, -0.2) is 0 Å². The van der Waals surface area contributed by atoms with Crippen molar-refractivity contribution in [3.8, 4) is 11.5 Å². The minimum absolute atomic E-state index is 0.602. The van der Waals surface area contributed by atoms with Gasteiger partial charge in [-0.15, -0.1) is 0 Å². The molecule has 1 unspecified atom stereocenters. The highest BCUT2D eigenvalue weighted by atomic mass is 16.5. The number of rotatable bonds is 6. The lowest BCUT2D eigenvalue weighted by Crippen LogP contribution is -2.53. The third kappa shape index (κ3) is 4.39. The molecule has 0 spiro atoms. The fraction of sp³-hybridized carbons (Fsp3) is 0.625. The van der Waals surface area contributed by atoms with Crippen LogP contribution in [-0.2, 0) is 0 Å². The number of hydrogen-bond donors (Lipinski definition) is 1. The molecular formula is C16H26N2O2. The smallest absolute Gasteiger partial charge is 0.119 e. The van der Waals surface area contributed by atoms with Gasteiger partial charge in [0.1, 0.15) is 18.1 Å². The second-order valence-corrected chi connectivity index (χ2v) is 5.63. The molecule has 4 heteroatoms. The van der Waals surface area contributed by atoms with Crippen molar-refractivity contribution in [2.45, 2.75) is 19.9 Å². The Kier molecular flexibility index (Phi) is 5.68. The van der Waals surface area contributed by atoms with Crippen LogP contribution in [0.4, 0.5) is 0 Å². The second-order valence-electron chi connectivity index (χ2n) is 5.63. The van der Waals surface area contributed by atoms with E-state index in [-0.39, 0.29) is 0 Å². The maximum atomic E-state index is 5.79. The van der Waals surface area contributed by atoms with Crippen LogP contribution in [0, 0.1) is 5.92 Å². The molecule has 0 aliphatic carbocycles. The van der Waals surface area contributed by atoms with Crippen molar-refractivity contribution in [1.29, 1.82) is 0 Å².